The summed E-state index contributed by atoms with van der Waals surface area (Å²) in [6, 6.07) is 0. The van der Waals surface area contributed by atoms with Crippen LogP contribution >= 0.6 is 0 Å². The second-order valence-corrected chi connectivity index (χ2v) is 3.99. The minimum Gasteiger partial charge on any atom is -0.0998 e. The molecule has 0 aromatic carbocycles. The Labute approximate surface area is 76.4 Å². The fourth-order valence-electron chi connectivity index (χ4n) is 1.79. The Kier molecular flexibility index (Phi) is 4.13. The lowest BCUT2D eigenvalue weighted by Gasteiger charge is -2.17. The Morgan fingerprint density at radius 1 is 1.33 bits per heavy atom. The fraction of sp³-hybridized carbons (Fsp3) is 0.667. The van der Waals surface area contributed by atoms with Crippen molar-refractivity contribution in [1.82, 2.24) is 0 Å². The van der Waals surface area contributed by atoms with Crippen LogP contribution in [0.5, 0.6) is 0 Å². The van der Waals surface area contributed by atoms with Crippen LogP contribution in [0, 0.1) is 5.92 Å². The molecule has 0 aromatic rings. The van der Waals surface area contributed by atoms with Gasteiger partial charge in [-0.15, -0.1) is 0 Å². The van der Waals surface area contributed by atoms with Gasteiger partial charge in [-0.3, -0.25) is 0 Å². The Bertz CT molecular complexity index is 159. The fourth-order valence-corrected chi connectivity index (χ4v) is 1.79. The monoisotopic (exact) mass is 164 g/mol. The molecule has 1 fully saturated rings. The Balaban J connectivity index is 2.19. The summed E-state index contributed by atoms with van der Waals surface area (Å²) in [6.45, 7) is 5.98. The third-order valence-corrected chi connectivity index (χ3v) is 2.52. The van der Waals surface area contributed by atoms with Crippen LogP contribution in [0.4, 0.5) is 0 Å². The third-order valence-electron chi connectivity index (χ3n) is 2.52. The van der Waals surface area contributed by atoms with Crippen molar-refractivity contribution < 1.29 is 0 Å². The van der Waals surface area contributed by atoms with Crippen molar-refractivity contribution >= 4 is 0 Å². The van der Waals surface area contributed by atoms with Gasteiger partial charge in [0.1, 0.15) is 0 Å². The first-order valence-electron chi connectivity index (χ1n) is 5.10. The largest absolute Gasteiger partial charge is 0.0998 e. The van der Waals surface area contributed by atoms with E-state index in [0.717, 1.165) is 12.3 Å². The molecule has 0 heteroatoms. The van der Waals surface area contributed by atoms with Crippen LogP contribution in [0.3, 0.4) is 0 Å². The van der Waals surface area contributed by atoms with Crippen molar-refractivity contribution in [3.63, 3.8) is 0 Å². The molecule has 0 N–H and O–H groups in total. The molecular formula is C12H20. The summed E-state index contributed by atoms with van der Waals surface area (Å²) in [5.74, 6) is 0.873. The number of hydrogen-bond acceptors (Lipinski definition) is 0. The predicted octanol–water partition coefficient (Wildman–Crippen LogP) is 4.09. The van der Waals surface area contributed by atoms with Crippen molar-refractivity contribution in [3.8, 4) is 0 Å². The van der Waals surface area contributed by atoms with E-state index in [1.165, 1.54) is 37.7 Å². The first kappa shape index (κ1) is 9.57. The smallest absolute Gasteiger partial charge is 0.0144 e. The lowest BCUT2D eigenvalue weighted by atomic mass is 9.89. The molecule has 0 radical (unpaired) electrons. The van der Waals surface area contributed by atoms with Gasteiger partial charge < -0.3 is 0 Å². The molecule has 0 saturated heterocycles. The van der Waals surface area contributed by atoms with E-state index in [-0.39, 0.29) is 0 Å². The lowest BCUT2D eigenvalue weighted by molar-refractivity contribution is 0.419. The first-order chi connectivity index (χ1) is 5.79. The first-order valence-corrected chi connectivity index (χ1v) is 5.10. The predicted molar refractivity (Wildman–Crippen MR) is 55.1 cm³/mol. The zero-order valence-corrected chi connectivity index (χ0v) is 8.18. The Morgan fingerprint density at radius 2 is 2.00 bits per heavy atom. The van der Waals surface area contributed by atoms with Crippen LogP contribution in [-0.2, 0) is 0 Å². The van der Waals surface area contributed by atoms with Gasteiger partial charge in [-0.05, 0) is 32.1 Å². The van der Waals surface area contributed by atoms with Gasteiger partial charge in [0.25, 0.3) is 0 Å². The van der Waals surface area contributed by atoms with Gasteiger partial charge in [0.05, 0.1) is 0 Å². The van der Waals surface area contributed by atoms with E-state index in [2.05, 4.69) is 25.7 Å². The maximum absolute atomic E-state index is 3.89. The molecule has 12 heavy (non-hydrogen) atoms. The molecule has 0 atom stereocenters. The average Bonchev–Trinajstić information content (AvgIpc) is 2.05. The van der Waals surface area contributed by atoms with Crippen LogP contribution in [-0.4, -0.2) is 0 Å². The average molecular weight is 164 g/mol. The highest BCUT2D eigenvalue weighted by molar-refractivity contribution is 5.00. The Morgan fingerprint density at radius 3 is 2.58 bits per heavy atom. The van der Waals surface area contributed by atoms with Gasteiger partial charge in [0, 0.05) is 0 Å². The minimum atomic E-state index is 0.873. The van der Waals surface area contributed by atoms with Crippen molar-refractivity contribution in [3.05, 3.63) is 24.3 Å². The number of allylic oxidation sites excluding steroid dienone is 3. The SMILES string of the molecule is C=C(C)C/C=C/C1CCCCC1. The third kappa shape index (κ3) is 3.75. The van der Waals surface area contributed by atoms with E-state index < -0.39 is 0 Å². The molecule has 0 bridgehead atoms. The van der Waals surface area contributed by atoms with Gasteiger partial charge >= 0.3 is 0 Å². The van der Waals surface area contributed by atoms with E-state index in [1.807, 2.05) is 0 Å². The molecule has 0 spiro atoms. The van der Waals surface area contributed by atoms with Crippen LogP contribution in [0.1, 0.15) is 45.4 Å². The topological polar surface area (TPSA) is 0 Å². The van der Waals surface area contributed by atoms with Gasteiger partial charge in [0.2, 0.25) is 0 Å². The molecule has 0 nitrogen and oxygen atoms in total. The number of hydrogen-bond donors (Lipinski definition) is 0. The summed E-state index contributed by atoms with van der Waals surface area (Å²) in [5.41, 5.74) is 1.27. The van der Waals surface area contributed by atoms with Gasteiger partial charge in [-0.2, -0.15) is 0 Å². The van der Waals surface area contributed by atoms with Gasteiger partial charge in [0.15, 0.2) is 0 Å². The molecule has 0 aliphatic heterocycles. The maximum Gasteiger partial charge on any atom is -0.0144 e. The van der Waals surface area contributed by atoms with Crippen LogP contribution < -0.4 is 0 Å². The van der Waals surface area contributed by atoms with Gasteiger partial charge in [-0.25, -0.2) is 0 Å². The maximum atomic E-state index is 3.89. The summed E-state index contributed by atoms with van der Waals surface area (Å²) in [7, 11) is 0. The van der Waals surface area contributed by atoms with Crippen molar-refractivity contribution in [2.75, 3.05) is 0 Å². The molecule has 1 saturated carbocycles. The second-order valence-electron chi connectivity index (χ2n) is 3.99. The molecule has 0 heterocycles. The highest BCUT2D eigenvalue weighted by Crippen LogP contribution is 2.24. The normalized spacial score (nSPS) is 20.1. The summed E-state index contributed by atoms with van der Waals surface area (Å²) >= 11 is 0. The highest BCUT2D eigenvalue weighted by atomic mass is 14.1. The zero-order valence-electron chi connectivity index (χ0n) is 8.18. The summed E-state index contributed by atoms with van der Waals surface area (Å²) < 4.78 is 0. The standard InChI is InChI=1S/C12H20/c1-11(2)7-6-10-12-8-4-3-5-9-12/h6,10,12H,1,3-5,7-9H2,2H3/b10-6+. The van der Waals surface area contributed by atoms with Crippen molar-refractivity contribution in [2.24, 2.45) is 5.92 Å². The summed E-state index contributed by atoms with van der Waals surface area (Å²) in [4.78, 5) is 0. The van der Waals surface area contributed by atoms with Crippen molar-refractivity contribution in [1.29, 1.82) is 0 Å². The van der Waals surface area contributed by atoms with Crippen LogP contribution in [0.2, 0.25) is 0 Å². The molecule has 1 aliphatic rings. The molecular weight excluding hydrogens is 144 g/mol. The van der Waals surface area contributed by atoms with E-state index in [9.17, 15) is 0 Å². The van der Waals surface area contributed by atoms with E-state index in [4.69, 9.17) is 0 Å². The molecule has 0 amide bonds. The molecule has 1 aliphatic carbocycles. The van der Waals surface area contributed by atoms with Gasteiger partial charge in [-0.1, -0.05) is 43.6 Å². The highest BCUT2D eigenvalue weighted by Gasteiger charge is 2.08. The van der Waals surface area contributed by atoms with E-state index >= 15 is 0 Å². The summed E-state index contributed by atoms with van der Waals surface area (Å²) in [5, 5.41) is 0. The minimum absolute atomic E-state index is 0.873. The number of rotatable bonds is 3. The summed E-state index contributed by atoms with van der Waals surface area (Å²) in [6.07, 6.45) is 12.9. The van der Waals surface area contributed by atoms with Crippen molar-refractivity contribution in [2.45, 2.75) is 45.4 Å². The van der Waals surface area contributed by atoms with Crippen LogP contribution in [0.15, 0.2) is 24.3 Å². The molecule has 0 unspecified atom stereocenters. The van der Waals surface area contributed by atoms with E-state index in [1.54, 1.807) is 0 Å². The zero-order chi connectivity index (χ0) is 8.81. The lowest BCUT2D eigenvalue weighted by Crippen LogP contribution is -2.02. The quantitative estimate of drug-likeness (QED) is 0.551. The molecule has 68 valence electrons. The molecule has 1 rings (SSSR count). The molecule has 0 aromatic heterocycles. The van der Waals surface area contributed by atoms with Crippen LogP contribution in [0.25, 0.3) is 0 Å². The van der Waals surface area contributed by atoms with E-state index in [0.29, 0.717) is 0 Å². The second kappa shape index (κ2) is 5.18. The Hall–Kier alpha value is -0.520.